The maximum Gasteiger partial charge on any atom is 0.249 e. The Morgan fingerprint density at radius 3 is 2.45 bits per heavy atom. The lowest BCUT2D eigenvalue weighted by Gasteiger charge is -2.37. The first-order valence-corrected chi connectivity index (χ1v) is 13.9. The predicted octanol–water partition coefficient (Wildman–Crippen LogP) is 2.65. The summed E-state index contributed by atoms with van der Waals surface area (Å²) in [4.78, 5) is 45.6. The van der Waals surface area contributed by atoms with Gasteiger partial charge in [-0.05, 0) is 49.1 Å². The van der Waals surface area contributed by atoms with E-state index in [1.165, 1.54) is 4.90 Å². The number of nitrogens with two attached hydrogens (primary N) is 1. The van der Waals surface area contributed by atoms with E-state index >= 15 is 0 Å². The van der Waals surface area contributed by atoms with Gasteiger partial charge in [-0.1, -0.05) is 26.2 Å². The SMILES string of the molecule is CCN1CCN(c2ccc(C(N)=O)c([C@@H](C(=O)N3C[C@H](C(F)F)[C@H]4OCC(=O)[C@H]43)C3CCCCC3)c2)CC1. The molecule has 208 valence electrons. The highest BCUT2D eigenvalue weighted by Gasteiger charge is 2.56. The van der Waals surface area contributed by atoms with Gasteiger partial charge in [0.15, 0.2) is 5.78 Å². The number of carbonyl (C=O) groups excluding carboxylic acids is 3. The molecule has 1 saturated carbocycles. The molecule has 1 aromatic carbocycles. The number of likely N-dealkylation sites (tertiary alicyclic amines) is 1. The fourth-order valence-corrected chi connectivity index (χ4v) is 6.93. The molecule has 38 heavy (non-hydrogen) atoms. The highest BCUT2D eigenvalue weighted by molar-refractivity contribution is 5.99. The van der Waals surface area contributed by atoms with Crippen LogP contribution in [0.15, 0.2) is 18.2 Å². The second kappa shape index (κ2) is 11.3. The van der Waals surface area contributed by atoms with Crippen molar-refractivity contribution in [1.82, 2.24) is 9.80 Å². The maximum absolute atomic E-state index is 14.3. The van der Waals surface area contributed by atoms with Gasteiger partial charge >= 0.3 is 0 Å². The number of piperazine rings is 1. The summed E-state index contributed by atoms with van der Waals surface area (Å²) >= 11 is 0. The number of amides is 2. The van der Waals surface area contributed by atoms with E-state index < -0.39 is 36.3 Å². The number of primary amides is 1. The lowest BCUT2D eigenvalue weighted by molar-refractivity contribution is -0.139. The van der Waals surface area contributed by atoms with Crippen LogP contribution in [0.2, 0.25) is 0 Å². The van der Waals surface area contributed by atoms with Crippen LogP contribution in [0.25, 0.3) is 0 Å². The molecule has 2 amide bonds. The van der Waals surface area contributed by atoms with E-state index in [9.17, 15) is 23.2 Å². The molecule has 0 radical (unpaired) electrons. The molecule has 10 heteroatoms. The van der Waals surface area contributed by atoms with Gasteiger partial charge in [0.25, 0.3) is 0 Å². The third kappa shape index (κ3) is 5.04. The van der Waals surface area contributed by atoms with Crippen molar-refractivity contribution >= 4 is 23.3 Å². The molecule has 0 unspecified atom stereocenters. The maximum atomic E-state index is 14.3. The fraction of sp³-hybridized carbons (Fsp3) is 0.679. The molecule has 5 rings (SSSR count). The summed E-state index contributed by atoms with van der Waals surface area (Å²) in [5.74, 6) is -3.35. The number of hydrogen-bond acceptors (Lipinski definition) is 6. The van der Waals surface area contributed by atoms with Crippen molar-refractivity contribution in [3.8, 4) is 0 Å². The molecule has 4 atom stereocenters. The fourth-order valence-electron chi connectivity index (χ4n) is 6.93. The number of rotatable bonds is 7. The van der Waals surface area contributed by atoms with Gasteiger partial charge < -0.3 is 25.2 Å². The lowest BCUT2D eigenvalue weighted by Crippen LogP contribution is -2.47. The number of ketones is 1. The van der Waals surface area contributed by atoms with Crippen LogP contribution in [-0.2, 0) is 14.3 Å². The minimum absolute atomic E-state index is 0.0667. The van der Waals surface area contributed by atoms with Gasteiger partial charge in [0, 0.05) is 44.0 Å². The summed E-state index contributed by atoms with van der Waals surface area (Å²) in [5, 5.41) is 0. The number of alkyl halides is 2. The Morgan fingerprint density at radius 1 is 1.11 bits per heavy atom. The third-order valence-corrected chi connectivity index (χ3v) is 9.04. The van der Waals surface area contributed by atoms with Crippen LogP contribution in [0.4, 0.5) is 14.5 Å². The number of ether oxygens (including phenoxy) is 1. The van der Waals surface area contributed by atoms with E-state index in [-0.39, 0.29) is 36.3 Å². The number of nitrogens with zero attached hydrogens (tertiary/aromatic N) is 3. The number of halogens is 2. The summed E-state index contributed by atoms with van der Waals surface area (Å²) in [6, 6.07) is 4.47. The highest BCUT2D eigenvalue weighted by atomic mass is 19.3. The van der Waals surface area contributed by atoms with Crippen molar-refractivity contribution in [2.75, 3.05) is 50.8 Å². The van der Waals surface area contributed by atoms with Crippen LogP contribution in [0.1, 0.15) is 60.9 Å². The van der Waals surface area contributed by atoms with E-state index in [2.05, 4.69) is 16.7 Å². The first kappa shape index (κ1) is 27.0. The van der Waals surface area contributed by atoms with Crippen molar-refractivity contribution in [3.05, 3.63) is 29.3 Å². The Balaban J connectivity index is 1.53. The zero-order valence-corrected chi connectivity index (χ0v) is 22.0. The predicted molar refractivity (Wildman–Crippen MR) is 138 cm³/mol. The lowest BCUT2D eigenvalue weighted by atomic mass is 9.74. The zero-order chi connectivity index (χ0) is 27.0. The molecule has 8 nitrogen and oxygen atoms in total. The van der Waals surface area contributed by atoms with Crippen molar-refractivity contribution in [2.24, 2.45) is 17.6 Å². The minimum Gasteiger partial charge on any atom is -0.369 e. The molecule has 0 aromatic heterocycles. The van der Waals surface area contributed by atoms with E-state index in [0.29, 0.717) is 5.56 Å². The van der Waals surface area contributed by atoms with Gasteiger partial charge in [-0.3, -0.25) is 14.4 Å². The molecule has 1 aliphatic carbocycles. The van der Waals surface area contributed by atoms with Gasteiger partial charge in [0.2, 0.25) is 18.2 Å². The van der Waals surface area contributed by atoms with Crippen molar-refractivity contribution in [1.29, 1.82) is 0 Å². The van der Waals surface area contributed by atoms with Crippen molar-refractivity contribution in [3.63, 3.8) is 0 Å². The van der Waals surface area contributed by atoms with Gasteiger partial charge in [-0.2, -0.15) is 0 Å². The number of anilines is 1. The van der Waals surface area contributed by atoms with Crippen LogP contribution >= 0.6 is 0 Å². The number of fused-ring (bicyclic) bond motifs is 1. The number of Topliss-reactive ketones (excluding diaryl/α,β-unsaturated/α-hetero) is 1. The monoisotopic (exact) mass is 532 g/mol. The summed E-state index contributed by atoms with van der Waals surface area (Å²) in [7, 11) is 0. The second-order valence-corrected chi connectivity index (χ2v) is 11.1. The Bertz CT molecular complexity index is 1060. The van der Waals surface area contributed by atoms with Crippen LogP contribution in [-0.4, -0.2) is 91.8 Å². The topological polar surface area (TPSA) is 96.2 Å². The van der Waals surface area contributed by atoms with E-state index in [1.807, 2.05) is 12.1 Å². The normalized spacial score (nSPS) is 27.7. The Hall–Kier alpha value is -2.59. The standard InChI is InChI=1S/C28H38F2N4O4/c1-2-32-10-12-33(13-11-32)18-8-9-19(27(31)36)20(14-18)23(17-6-4-3-5-7-17)28(37)34-15-21(26(29)30)25-24(34)22(35)16-38-25/h8-9,14,17,21,23-26H,2-7,10-13,15-16H2,1H3,(H2,31,36)/t21-,23-,24+,25+/m0/s1. The van der Waals surface area contributed by atoms with Gasteiger partial charge in [-0.25, -0.2) is 8.78 Å². The first-order chi connectivity index (χ1) is 18.3. The largest absolute Gasteiger partial charge is 0.369 e. The number of carbonyl (C=O) groups is 3. The molecule has 0 spiro atoms. The molecule has 4 aliphatic rings. The summed E-state index contributed by atoms with van der Waals surface area (Å²) in [6.45, 7) is 6.11. The average molecular weight is 533 g/mol. The summed E-state index contributed by atoms with van der Waals surface area (Å²) in [5.41, 5.74) is 7.56. The molecule has 3 saturated heterocycles. The second-order valence-electron chi connectivity index (χ2n) is 11.1. The van der Waals surface area contributed by atoms with E-state index in [4.69, 9.17) is 10.5 Å². The zero-order valence-electron chi connectivity index (χ0n) is 22.0. The van der Waals surface area contributed by atoms with E-state index in [0.717, 1.165) is 70.5 Å². The molecule has 0 bridgehead atoms. The molecule has 4 fully saturated rings. The average Bonchev–Trinajstić information content (AvgIpc) is 3.50. The Morgan fingerprint density at radius 2 is 1.82 bits per heavy atom. The molecule has 2 N–H and O–H groups in total. The quantitative estimate of drug-likeness (QED) is 0.580. The van der Waals surface area contributed by atoms with Gasteiger partial charge in [0.1, 0.15) is 12.6 Å². The van der Waals surface area contributed by atoms with Crippen LogP contribution in [0.3, 0.4) is 0 Å². The molecule has 3 heterocycles. The van der Waals surface area contributed by atoms with E-state index in [1.54, 1.807) is 6.07 Å². The smallest absolute Gasteiger partial charge is 0.249 e. The molecular weight excluding hydrogens is 494 g/mol. The summed E-state index contributed by atoms with van der Waals surface area (Å²) in [6.07, 6.45) is 0.855. The third-order valence-electron chi connectivity index (χ3n) is 9.04. The summed E-state index contributed by atoms with van der Waals surface area (Å²) < 4.78 is 33.3. The minimum atomic E-state index is -2.70. The Labute approximate surface area is 222 Å². The molecule has 1 aromatic rings. The number of benzene rings is 1. The van der Waals surface area contributed by atoms with Crippen LogP contribution < -0.4 is 10.6 Å². The Kier molecular flexibility index (Phi) is 8.00. The van der Waals surface area contributed by atoms with Crippen LogP contribution in [0, 0.1) is 11.8 Å². The molecule has 3 aliphatic heterocycles. The van der Waals surface area contributed by atoms with Crippen molar-refractivity contribution in [2.45, 2.75) is 63.5 Å². The van der Waals surface area contributed by atoms with Crippen molar-refractivity contribution < 1.29 is 27.9 Å². The van der Waals surface area contributed by atoms with Crippen LogP contribution in [0.5, 0.6) is 0 Å². The first-order valence-electron chi connectivity index (χ1n) is 13.9. The number of hydrogen-bond donors (Lipinski definition) is 1. The number of likely N-dealkylation sites (N-methyl/N-ethyl adjacent to an activating group) is 1. The van der Waals surface area contributed by atoms with Gasteiger partial charge in [-0.15, -0.1) is 0 Å². The van der Waals surface area contributed by atoms with Gasteiger partial charge in [0.05, 0.1) is 17.9 Å². The molecular formula is C28H38F2N4O4. The highest BCUT2D eigenvalue weighted by Crippen LogP contribution is 2.43.